The second-order valence-corrected chi connectivity index (χ2v) is 6.48. The summed E-state index contributed by atoms with van der Waals surface area (Å²) in [5.41, 5.74) is 3.93. The molecular weight excluding hydrogens is 326 g/mol. The highest BCUT2D eigenvalue weighted by molar-refractivity contribution is 9.10. The van der Waals surface area contributed by atoms with Gasteiger partial charge in [-0.05, 0) is 41.7 Å². The monoisotopic (exact) mass is 343 g/mol. The quantitative estimate of drug-likeness (QED) is 0.851. The normalized spacial score (nSPS) is 20.7. The number of amides is 1. The first-order chi connectivity index (χ1) is 10.1. The number of hydrogen-bond donors (Lipinski definition) is 1. The van der Waals surface area contributed by atoms with Gasteiger partial charge in [0.25, 0.3) is 0 Å². The van der Waals surface area contributed by atoms with Crippen molar-refractivity contribution in [3.63, 3.8) is 0 Å². The molecule has 1 aliphatic rings. The molecule has 0 spiro atoms. The lowest BCUT2D eigenvalue weighted by atomic mass is 9.77. The Labute approximate surface area is 133 Å². The van der Waals surface area contributed by atoms with E-state index in [-0.39, 0.29) is 11.9 Å². The van der Waals surface area contributed by atoms with Crippen LogP contribution in [-0.4, -0.2) is 5.91 Å². The Kier molecular flexibility index (Phi) is 4.11. The minimum atomic E-state index is 0.0388. The number of rotatable bonds is 2. The second kappa shape index (κ2) is 6.02. The van der Waals surface area contributed by atoms with Gasteiger partial charge in [0.2, 0.25) is 5.91 Å². The van der Waals surface area contributed by atoms with Crippen molar-refractivity contribution < 1.29 is 4.79 Å². The van der Waals surface area contributed by atoms with Gasteiger partial charge in [0.15, 0.2) is 0 Å². The number of fused-ring (bicyclic) bond motifs is 1. The Morgan fingerprint density at radius 3 is 2.38 bits per heavy atom. The molecule has 0 aliphatic heterocycles. The predicted octanol–water partition coefficient (Wildman–Crippen LogP) is 4.55. The summed E-state index contributed by atoms with van der Waals surface area (Å²) in [5, 5.41) is 3.07. The van der Waals surface area contributed by atoms with Crippen molar-refractivity contribution in [3.8, 4) is 0 Å². The van der Waals surface area contributed by atoms with Crippen LogP contribution in [0.1, 0.15) is 48.4 Å². The van der Waals surface area contributed by atoms with Gasteiger partial charge < -0.3 is 5.32 Å². The standard InChI is InChI=1S/C18H18BrNO/c1-12(21)20-18-11-10-15(13-6-8-14(19)9-7-13)16-4-2-3-5-17(16)18/h2-9,15,18H,10-11H2,1H3,(H,20,21). The summed E-state index contributed by atoms with van der Waals surface area (Å²) in [6.45, 7) is 1.59. The fourth-order valence-electron chi connectivity index (χ4n) is 3.23. The number of carbonyl (C=O) groups is 1. The first-order valence-corrected chi connectivity index (χ1v) is 8.06. The summed E-state index contributed by atoms with van der Waals surface area (Å²) in [6, 6.07) is 17.2. The number of nitrogens with one attached hydrogen (secondary N) is 1. The van der Waals surface area contributed by atoms with Crippen LogP contribution in [0.4, 0.5) is 0 Å². The molecule has 108 valence electrons. The highest BCUT2D eigenvalue weighted by atomic mass is 79.9. The van der Waals surface area contributed by atoms with E-state index in [4.69, 9.17) is 0 Å². The number of carbonyl (C=O) groups excluding carboxylic acids is 1. The molecule has 2 aromatic rings. The van der Waals surface area contributed by atoms with E-state index in [2.05, 4.69) is 69.8 Å². The summed E-state index contributed by atoms with van der Waals surface area (Å²) in [4.78, 5) is 11.4. The molecule has 0 heterocycles. The number of hydrogen-bond acceptors (Lipinski definition) is 1. The van der Waals surface area contributed by atoms with Crippen LogP contribution in [0.2, 0.25) is 0 Å². The Morgan fingerprint density at radius 2 is 1.71 bits per heavy atom. The van der Waals surface area contributed by atoms with Crippen molar-refractivity contribution in [1.82, 2.24) is 5.32 Å². The number of halogens is 1. The van der Waals surface area contributed by atoms with Gasteiger partial charge >= 0.3 is 0 Å². The van der Waals surface area contributed by atoms with Crippen molar-refractivity contribution in [3.05, 3.63) is 69.7 Å². The molecule has 0 fully saturated rings. The zero-order valence-electron chi connectivity index (χ0n) is 12.0. The summed E-state index contributed by atoms with van der Waals surface area (Å²) >= 11 is 3.49. The molecule has 3 heteroatoms. The molecule has 3 rings (SSSR count). The minimum Gasteiger partial charge on any atom is -0.350 e. The average molecular weight is 344 g/mol. The molecule has 2 atom stereocenters. The van der Waals surface area contributed by atoms with Gasteiger partial charge in [0.1, 0.15) is 0 Å². The van der Waals surface area contributed by atoms with Gasteiger partial charge in [-0.1, -0.05) is 52.3 Å². The predicted molar refractivity (Wildman–Crippen MR) is 88.2 cm³/mol. The molecule has 0 radical (unpaired) electrons. The number of benzene rings is 2. The molecule has 1 aliphatic carbocycles. The van der Waals surface area contributed by atoms with Crippen LogP contribution in [0, 0.1) is 0 Å². The van der Waals surface area contributed by atoms with Gasteiger partial charge in [0.05, 0.1) is 6.04 Å². The van der Waals surface area contributed by atoms with Crippen LogP contribution in [-0.2, 0) is 4.79 Å². The van der Waals surface area contributed by atoms with E-state index in [1.807, 2.05) is 0 Å². The molecule has 0 bridgehead atoms. The molecule has 21 heavy (non-hydrogen) atoms. The molecule has 2 aromatic carbocycles. The van der Waals surface area contributed by atoms with Crippen LogP contribution in [0.15, 0.2) is 53.0 Å². The molecule has 0 aromatic heterocycles. The molecule has 2 nitrogen and oxygen atoms in total. The van der Waals surface area contributed by atoms with Gasteiger partial charge in [-0.2, -0.15) is 0 Å². The zero-order valence-corrected chi connectivity index (χ0v) is 13.6. The fourth-order valence-corrected chi connectivity index (χ4v) is 3.49. The van der Waals surface area contributed by atoms with Crippen LogP contribution in [0.3, 0.4) is 0 Å². The minimum absolute atomic E-state index is 0.0388. The van der Waals surface area contributed by atoms with Crippen molar-refractivity contribution in [2.24, 2.45) is 0 Å². The molecule has 1 amide bonds. The van der Waals surface area contributed by atoms with Crippen LogP contribution < -0.4 is 5.32 Å². The highest BCUT2D eigenvalue weighted by Gasteiger charge is 2.28. The third kappa shape index (κ3) is 3.03. The van der Waals surface area contributed by atoms with Gasteiger partial charge in [-0.25, -0.2) is 0 Å². The van der Waals surface area contributed by atoms with E-state index < -0.39 is 0 Å². The summed E-state index contributed by atoms with van der Waals surface area (Å²) in [5.74, 6) is 0.455. The molecule has 2 unspecified atom stereocenters. The second-order valence-electron chi connectivity index (χ2n) is 5.56. The maximum Gasteiger partial charge on any atom is 0.217 e. The fraction of sp³-hybridized carbons (Fsp3) is 0.278. The van der Waals surface area contributed by atoms with E-state index >= 15 is 0 Å². The highest BCUT2D eigenvalue weighted by Crippen LogP contribution is 2.41. The molecular formula is C18H18BrNO. The topological polar surface area (TPSA) is 29.1 Å². The third-order valence-electron chi connectivity index (χ3n) is 4.14. The first kappa shape index (κ1) is 14.3. The first-order valence-electron chi connectivity index (χ1n) is 7.26. The lowest BCUT2D eigenvalue weighted by Crippen LogP contribution is -2.30. The smallest absolute Gasteiger partial charge is 0.217 e. The lowest BCUT2D eigenvalue weighted by molar-refractivity contribution is -0.119. The Bertz CT molecular complexity index is 651. The van der Waals surface area contributed by atoms with E-state index in [0.29, 0.717) is 5.92 Å². The van der Waals surface area contributed by atoms with Crippen LogP contribution in [0.25, 0.3) is 0 Å². The SMILES string of the molecule is CC(=O)NC1CCC(c2ccc(Br)cc2)c2ccccc21. The van der Waals surface area contributed by atoms with Crippen LogP contribution in [0.5, 0.6) is 0 Å². The van der Waals surface area contributed by atoms with Crippen molar-refractivity contribution in [2.45, 2.75) is 31.7 Å². The summed E-state index contributed by atoms with van der Waals surface area (Å²) in [7, 11) is 0. The largest absolute Gasteiger partial charge is 0.350 e. The van der Waals surface area contributed by atoms with Crippen molar-refractivity contribution in [2.75, 3.05) is 0 Å². The van der Waals surface area contributed by atoms with E-state index in [1.54, 1.807) is 6.92 Å². The lowest BCUT2D eigenvalue weighted by Gasteiger charge is -2.32. The Hall–Kier alpha value is -1.61. The third-order valence-corrected chi connectivity index (χ3v) is 4.67. The van der Waals surface area contributed by atoms with E-state index in [1.165, 1.54) is 16.7 Å². The van der Waals surface area contributed by atoms with Gasteiger partial charge in [0, 0.05) is 17.3 Å². The molecule has 0 saturated carbocycles. The Morgan fingerprint density at radius 1 is 1.05 bits per heavy atom. The Balaban J connectivity index is 1.97. The van der Waals surface area contributed by atoms with Gasteiger partial charge in [-0.3, -0.25) is 4.79 Å². The van der Waals surface area contributed by atoms with Crippen LogP contribution >= 0.6 is 15.9 Å². The van der Waals surface area contributed by atoms with E-state index in [9.17, 15) is 4.79 Å². The molecule has 1 N–H and O–H groups in total. The van der Waals surface area contributed by atoms with Crippen molar-refractivity contribution in [1.29, 1.82) is 0 Å². The maximum absolute atomic E-state index is 11.4. The van der Waals surface area contributed by atoms with E-state index in [0.717, 1.165) is 17.3 Å². The summed E-state index contributed by atoms with van der Waals surface area (Å²) < 4.78 is 1.10. The average Bonchev–Trinajstić information content (AvgIpc) is 2.48. The molecule has 0 saturated heterocycles. The maximum atomic E-state index is 11.4. The zero-order chi connectivity index (χ0) is 14.8. The van der Waals surface area contributed by atoms with Crippen molar-refractivity contribution >= 4 is 21.8 Å². The van der Waals surface area contributed by atoms with Gasteiger partial charge in [-0.15, -0.1) is 0 Å². The summed E-state index contributed by atoms with van der Waals surface area (Å²) in [6.07, 6.45) is 2.04.